The van der Waals surface area contributed by atoms with Crippen molar-refractivity contribution in [3.05, 3.63) is 35.4 Å². The van der Waals surface area contributed by atoms with Crippen molar-refractivity contribution in [2.75, 3.05) is 13.2 Å². The molecule has 1 unspecified atom stereocenters. The molecular formula is C17H26O3. The predicted octanol–water partition coefficient (Wildman–Crippen LogP) is 3.83. The highest BCUT2D eigenvalue weighted by Crippen LogP contribution is 2.21. The Hall–Kier alpha value is -0.900. The first kappa shape index (κ1) is 15.5. The molecule has 1 atom stereocenters. The van der Waals surface area contributed by atoms with Crippen LogP contribution in [0.1, 0.15) is 44.2 Å². The maximum Gasteiger partial charge on any atom is 0.158 e. The summed E-state index contributed by atoms with van der Waals surface area (Å²) < 4.78 is 17.4. The molecule has 112 valence electrons. The van der Waals surface area contributed by atoms with Crippen molar-refractivity contribution in [3.63, 3.8) is 0 Å². The Labute approximate surface area is 122 Å². The number of benzene rings is 1. The van der Waals surface area contributed by atoms with Gasteiger partial charge in [-0.2, -0.15) is 0 Å². The molecule has 3 nitrogen and oxygen atoms in total. The number of ether oxygens (including phenoxy) is 3. The third kappa shape index (κ3) is 5.23. The first-order valence-electron chi connectivity index (χ1n) is 7.48. The van der Waals surface area contributed by atoms with Gasteiger partial charge in [-0.15, -0.1) is 0 Å². The van der Waals surface area contributed by atoms with Gasteiger partial charge in [0, 0.05) is 6.61 Å². The summed E-state index contributed by atoms with van der Waals surface area (Å²) in [6.45, 7) is 8.20. The standard InChI is InChI=1S/C17H26O3/c1-14-7-9-15(10-8-14)12-18-13-17(2,3)20-16-6-4-5-11-19-16/h7-10,16H,4-6,11-13H2,1-3H3. The average Bonchev–Trinajstić information content (AvgIpc) is 2.41. The Morgan fingerprint density at radius 3 is 2.60 bits per heavy atom. The molecule has 1 saturated heterocycles. The van der Waals surface area contributed by atoms with E-state index in [1.165, 1.54) is 17.5 Å². The molecule has 1 heterocycles. The predicted molar refractivity (Wildman–Crippen MR) is 79.6 cm³/mol. The Balaban J connectivity index is 1.72. The van der Waals surface area contributed by atoms with Crippen LogP contribution in [-0.2, 0) is 20.8 Å². The number of hydrogen-bond acceptors (Lipinski definition) is 3. The Bertz CT molecular complexity index is 391. The van der Waals surface area contributed by atoms with Crippen molar-refractivity contribution in [3.8, 4) is 0 Å². The van der Waals surface area contributed by atoms with E-state index in [1.807, 2.05) is 0 Å². The molecule has 0 N–H and O–H groups in total. The van der Waals surface area contributed by atoms with Crippen LogP contribution in [0.15, 0.2) is 24.3 Å². The second-order valence-corrected chi connectivity index (χ2v) is 6.15. The van der Waals surface area contributed by atoms with Crippen molar-refractivity contribution in [1.82, 2.24) is 0 Å². The van der Waals surface area contributed by atoms with Crippen LogP contribution in [0.4, 0.5) is 0 Å². The van der Waals surface area contributed by atoms with Gasteiger partial charge >= 0.3 is 0 Å². The molecular weight excluding hydrogens is 252 g/mol. The van der Waals surface area contributed by atoms with Crippen LogP contribution in [-0.4, -0.2) is 25.1 Å². The zero-order valence-electron chi connectivity index (χ0n) is 12.9. The number of aryl methyl sites for hydroxylation is 1. The fourth-order valence-corrected chi connectivity index (χ4v) is 2.29. The van der Waals surface area contributed by atoms with Crippen molar-refractivity contribution in [2.45, 2.75) is 58.5 Å². The van der Waals surface area contributed by atoms with Crippen LogP contribution < -0.4 is 0 Å². The monoisotopic (exact) mass is 278 g/mol. The second-order valence-electron chi connectivity index (χ2n) is 6.15. The fourth-order valence-electron chi connectivity index (χ4n) is 2.29. The third-order valence-electron chi connectivity index (χ3n) is 3.43. The Morgan fingerprint density at radius 1 is 1.20 bits per heavy atom. The minimum absolute atomic E-state index is 0.0678. The zero-order valence-corrected chi connectivity index (χ0v) is 12.9. The lowest BCUT2D eigenvalue weighted by molar-refractivity contribution is -0.228. The summed E-state index contributed by atoms with van der Waals surface area (Å²) in [5, 5.41) is 0. The van der Waals surface area contributed by atoms with E-state index in [9.17, 15) is 0 Å². The molecule has 1 aromatic carbocycles. The zero-order chi connectivity index (χ0) is 14.4. The first-order valence-corrected chi connectivity index (χ1v) is 7.48. The Kier molecular flexibility index (Phi) is 5.58. The minimum atomic E-state index is -0.313. The van der Waals surface area contributed by atoms with Crippen molar-refractivity contribution >= 4 is 0 Å². The number of rotatable bonds is 6. The summed E-state index contributed by atoms with van der Waals surface area (Å²) in [5.74, 6) is 0. The molecule has 1 fully saturated rings. The maximum atomic E-state index is 5.99. The van der Waals surface area contributed by atoms with E-state index in [-0.39, 0.29) is 11.9 Å². The van der Waals surface area contributed by atoms with Crippen LogP contribution in [0.5, 0.6) is 0 Å². The van der Waals surface area contributed by atoms with Crippen LogP contribution in [0.3, 0.4) is 0 Å². The summed E-state index contributed by atoms with van der Waals surface area (Å²) in [6.07, 6.45) is 3.25. The highest BCUT2D eigenvalue weighted by molar-refractivity contribution is 5.20. The van der Waals surface area contributed by atoms with E-state index >= 15 is 0 Å². The molecule has 3 heteroatoms. The fraction of sp³-hybridized carbons (Fsp3) is 0.647. The third-order valence-corrected chi connectivity index (χ3v) is 3.43. The molecule has 0 saturated carbocycles. The lowest BCUT2D eigenvalue weighted by atomic mass is 10.1. The Morgan fingerprint density at radius 2 is 1.95 bits per heavy atom. The van der Waals surface area contributed by atoms with E-state index in [2.05, 4.69) is 45.0 Å². The topological polar surface area (TPSA) is 27.7 Å². The lowest BCUT2D eigenvalue weighted by Crippen LogP contribution is -2.37. The van der Waals surface area contributed by atoms with Gasteiger partial charge in [0.2, 0.25) is 0 Å². The molecule has 0 radical (unpaired) electrons. The number of hydrogen-bond donors (Lipinski definition) is 0. The summed E-state index contributed by atoms with van der Waals surface area (Å²) in [4.78, 5) is 0. The highest BCUT2D eigenvalue weighted by Gasteiger charge is 2.26. The van der Waals surface area contributed by atoms with Gasteiger partial charge in [0.1, 0.15) is 0 Å². The molecule has 1 aliphatic heterocycles. The normalized spacial score (nSPS) is 20.1. The van der Waals surface area contributed by atoms with E-state index in [4.69, 9.17) is 14.2 Å². The first-order chi connectivity index (χ1) is 9.55. The van der Waals surface area contributed by atoms with Gasteiger partial charge in [0.15, 0.2) is 6.29 Å². The van der Waals surface area contributed by atoms with Gasteiger partial charge in [-0.05, 0) is 45.6 Å². The maximum absolute atomic E-state index is 5.99. The van der Waals surface area contributed by atoms with E-state index in [1.54, 1.807) is 0 Å². The molecule has 0 bridgehead atoms. The van der Waals surface area contributed by atoms with E-state index in [0.29, 0.717) is 13.2 Å². The minimum Gasteiger partial charge on any atom is -0.374 e. The second kappa shape index (κ2) is 7.21. The molecule has 0 aromatic heterocycles. The largest absolute Gasteiger partial charge is 0.374 e. The van der Waals surface area contributed by atoms with Gasteiger partial charge in [0.25, 0.3) is 0 Å². The van der Waals surface area contributed by atoms with Crippen LogP contribution >= 0.6 is 0 Å². The molecule has 2 rings (SSSR count). The van der Waals surface area contributed by atoms with Gasteiger partial charge in [-0.1, -0.05) is 29.8 Å². The van der Waals surface area contributed by atoms with Crippen molar-refractivity contribution in [2.24, 2.45) is 0 Å². The van der Waals surface area contributed by atoms with Crippen LogP contribution in [0.25, 0.3) is 0 Å². The molecule has 0 spiro atoms. The molecule has 0 aliphatic carbocycles. The van der Waals surface area contributed by atoms with E-state index in [0.717, 1.165) is 19.4 Å². The summed E-state index contributed by atoms with van der Waals surface area (Å²) in [6, 6.07) is 8.42. The van der Waals surface area contributed by atoms with Crippen LogP contribution in [0.2, 0.25) is 0 Å². The quantitative estimate of drug-likeness (QED) is 0.791. The highest BCUT2D eigenvalue weighted by atomic mass is 16.7. The van der Waals surface area contributed by atoms with Gasteiger partial charge in [0.05, 0.1) is 18.8 Å². The molecule has 1 aromatic rings. The van der Waals surface area contributed by atoms with Crippen molar-refractivity contribution < 1.29 is 14.2 Å². The van der Waals surface area contributed by atoms with Gasteiger partial charge in [-0.3, -0.25) is 0 Å². The van der Waals surface area contributed by atoms with Gasteiger partial charge in [-0.25, -0.2) is 0 Å². The lowest BCUT2D eigenvalue weighted by Gasteiger charge is -2.32. The summed E-state index contributed by atoms with van der Waals surface area (Å²) >= 11 is 0. The van der Waals surface area contributed by atoms with Crippen molar-refractivity contribution in [1.29, 1.82) is 0 Å². The molecule has 1 aliphatic rings. The van der Waals surface area contributed by atoms with Crippen LogP contribution in [0, 0.1) is 6.92 Å². The summed E-state index contributed by atoms with van der Waals surface area (Å²) in [5.41, 5.74) is 2.15. The molecule has 20 heavy (non-hydrogen) atoms. The van der Waals surface area contributed by atoms with Gasteiger partial charge < -0.3 is 14.2 Å². The summed E-state index contributed by atoms with van der Waals surface area (Å²) in [7, 11) is 0. The smallest absolute Gasteiger partial charge is 0.158 e. The SMILES string of the molecule is Cc1ccc(COCC(C)(C)OC2CCCCO2)cc1. The average molecular weight is 278 g/mol. The van der Waals surface area contributed by atoms with E-state index < -0.39 is 0 Å². The molecule has 0 amide bonds.